The van der Waals surface area contributed by atoms with E-state index in [0.717, 1.165) is 5.56 Å². The molecule has 7 heteroatoms. The molecule has 0 radical (unpaired) electrons. The Morgan fingerprint density at radius 1 is 1.04 bits per heavy atom. The third-order valence-corrected chi connectivity index (χ3v) is 4.41. The van der Waals surface area contributed by atoms with Crippen LogP contribution in [0.3, 0.4) is 0 Å². The van der Waals surface area contributed by atoms with Crippen LogP contribution in [0.1, 0.15) is 11.4 Å². The maximum Gasteiger partial charge on any atom is 0.258 e. The molecule has 24 heavy (non-hydrogen) atoms. The first-order valence-electron chi connectivity index (χ1n) is 7.23. The molecule has 0 amide bonds. The van der Waals surface area contributed by atoms with Crippen LogP contribution in [0.15, 0.2) is 41.2 Å². The van der Waals surface area contributed by atoms with Crippen LogP contribution in [0.5, 0.6) is 0 Å². The molecule has 3 rings (SSSR count). The third kappa shape index (κ3) is 3.90. The summed E-state index contributed by atoms with van der Waals surface area (Å²) in [5.74, 6) is 0.572. The Morgan fingerprint density at radius 3 is 2.50 bits per heavy atom. The highest BCUT2D eigenvalue weighted by Gasteiger charge is 2.09. The minimum Gasteiger partial charge on any atom is -0.309 e. The topological polar surface area (TPSA) is 49.0 Å². The van der Waals surface area contributed by atoms with Gasteiger partial charge in [-0.15, -0.1) is 0 Å². The average Bonchev–Trinajstić information content (AvgIpc) is 2.49. The highest BCUT2D eigenvalue weighted by Crippen LogP contribution is 2.22. The van der Waals surface area contributed by atoms with E-state index in [1.54, 1.807) is 30.3 Å². The van der Waals surface area contributed by atoms with Crippen molar-refractivity contribution in [2.45, 2.75) is 13.1 Å². The SMILES string of the molecule is CN(Cc1nc2cc(Cl)ccc2c(=O)[nH]1)Cc1ccc(Cl)cc1Cl. The minimum atomic E-state index is -0.176. The van der Waals surface area contributed by atoms with Gasteiger partial charge in [0.1, 0.15) is 5.82 Å². The molecule has 124 valence electrons. The quantitative estimate of drug-likeness (QED) is 0.722. The van der Waals surface area contributed by atoms with Crippen LogP contribution >= 0.6 is 34.8 Å². The molecule has 1 heterocycles. The molecule has 0 fully saturated rings. The van der Waals surface area contributed by atoms with Gasteiger partial charge < -0.3 is 4.98 Å². The van der Waals surface area contributed by atoms with E-state index >= 15 is 0 Å². The lowest BCUT2D eigenvalue weighted by Gasteiger charge is -2.17. The van der Waals surface area contributed by atoms with Gasteiger partial charge in [-0.1, -0.05) is 40.9 Å². The summed E-state index contributed by atoms with van der Waals surface area (Å²) in [4.78, 5) is 21.4. The lowest BCUT2D eigenvalue weighted by atomic mass is 10.2. The van der Waals surface area contributed by atoms with Gasteiger partial charge in [0.05, 0.1) is 17.4 Å². The van der Waals surface area contributed by atoms with Gasteiger partial charge >= 0.3 is 0 Å². The summed E-state index contributed by atoms with van der Waals surface area (Å²) in [6, 6.07) is 10.4. The number of H-pyrrole nitrogens is 1. The summed E-state index contributed by atoms with van der Waals surface area (Å²) in [6.07, 6.45) is 0. The van der Waals surface area contributed by atoms with Gasteiger partial charge in [0.25, 0.3) is 5.56 Å². The fourth-order valence-corrected chi connectivity index (χ4v) is 3.12. The Morgan fingerprint density at radius 2 is 1.75 bits per heavy atom. The van der Waals surface area contributed by atoms with E-state index in [2.05, 4.69) is 9.97 Å². The van der Waals surface area contributed by atoms with E-state index in [-0.39, 0.29) is 5.56 Å². The molecule has 0 saturated carbocycles. The van der Waals surface area contributed by atoms with Crippen molar-refractivity contribution in [3.05, 3.63) is 73.2 Å². The van der Waals surface area contributed by atoms with Crippen molar-refractivity contribution >= 4 is 45.7 Å². The van der Waals surface area contributed by atoms with E-state index in [9.17, 15) is 4.79 Å². The van der Waals surface area contributed by atoms with Gasteiger partial charge in [0.15, 0.2) is 0 Å². The van der Waals surface area contributed by atoms with Crippen LogP contribution in [0, 0.1) is 0 Å². The molecule has 0 aliphatic rings. The van der Waals surface area contributed by atoms with Crippen molar-refractivity contribution in [1.29, 1.82) is 0 Å². The molecule has 0 saturated heterocycles. The Hall–Kier alpha value is -1.59. The first kappa shape index (κ1) is 17.2. The first-order chi connectivity index (χ1) is 11.4. The standard InChI is InChI=1S/C17H14Cl3N3O/c1-23(8-10-2-3-11(18)6-14(10)20)9-16-21-15-7-12(19)4-5-13(15)17(24)22-16/h2-7H,8-9H2,1H3,(H,21,22,24). The van der Waals surface area contributed by atoms with E-state index in [0.29, 0.717) is 44.9 Å². The molecule has 1 N–H and O–H groups in total. The molecule has 4 nitrogen and oxygen atoms in total. The van der Waals surface area contributed by atoms with Gasteiger partial charge in [-0.25, -0.2) is 4.98 Å². The summed E-state index contributed by atoms with van der Waals surface area (Å²) < 4.78 is 0. The van der Waals surface area contributed by atoms with E-state index in [1.165, 1.54) is 0 Å². The molecule has 0 bridgehead atoms. The second-order valence-corrected chi connectivity index (χ2v) is 6.86. The summed E-state index contributed by atoms with van der Waals surface area (Å²) in [7, 11) is 1.92. The molecule has 1 aromatic heterocycles. The number of aromatic amines is 1. The Balaban J connectivity index is 1.82. The summed E-state index contributed by atoms with van der Waals surface area (Å²) >= 11 is 18.1. The molecule has 0 atom stereocenters. The lowest BCUT2D eigenvalue weighted by Crippen LogP contribution is -2.22. The monoisotopic (exact) mass is 381 g/mol. The fraction of sp³-hybridized carbons (Fsp3) is 0.176. The maximum atomic E-state index is 12.1. The number of hydrogen-bond acceptors (Lipinski definition) is 3. The van der Waals surface area contributed by atoms with Gasteiger partial charge in [-0.2, -0.15) is 0 Å². The van der Waals surface area contributed by atoms with Gasteiger partial charge in [-0.05, 0) is 42.9 Å². The number of nitrogens with one attached hydrogen (secondary N) is 1. The van der Waals surface area contributed by atoms with Crippen molar-refractivity contribution in [3.63, 3.8) is 0 Å². The fourth-order valence-electron chi connectivity index (χ4n) is 2.49. The predicted molar refractivity (Wildman–Crippen MR) is 99.0 cm³/mol. The largest absolute Gasteiger partial charge is 0.309 e. The molecule has 0 spiro atoms. The zero-order valence-corrected chi connectivity index (χ0v) is 15.1. The number of halogens is 3. The van der Waals surface area contributed by atoms with Gasteiger partial charge in [0, 0.05) is 21.6 Å². The summed E-state index contributed by atoms with van der Waals surface area (Å²) in [6.45, 7) is 1.07. The highest BCUT2D eigenvalue weighted by atomic mass is 35.5. The molecule has 3 aromatic rings. The van der Waals surface area contributed by atoms with Crippen LogP contribution in [0.4, 0.5) is 0 Å². The van der Waals surface area contributed by atoms with Crippen LogP contribution in [0.2, 0.25) is 15.1 Å². The molecular formula is C17H14Cl3N3O. The van der Waals surface area contributed by atoms with Crippen molar-refractivity contribution < 1.29 is 0 Å². The van der Waals surface area contributed by atoms with Crippen LogP contribution in [-0.2, 0) is 13.1 Å². The number of fused-ring (bicyclic) bond motifs is 1. The van der Waals surface area contributed by atoms with E-state index in [1.807, 2.05) is 18.0 Å². The normalized spacial score (nSPS) is 11.4. The van der Waals surface area contributed by atoms with Crippen LogP contribution in [-0.4, -0.2) is 21.9 Å². The lowest BCUT2D eigenvalue weighted by molar-refractivity contribution is 0.311. The second kappa shape index (κ2) is 7.11. The van der Waals surface area contributed by atoms with Crippen LogP contribution in [0.25, 0.3) is 10.9 Å². The smallest absolute Gasteiger partial charge is 0.258 e. The molecule has 0 aliphatic carbocycles. The number of rotatable bonds is 4. The number of benzene rings is 2. The van der Waals surface area contributed by atoms with E-state index < -0.39 is 0 Å². The third-order valence-electron chi connectivity index (χ3n) is 3.59. The molecule has 0 unspecified atom stereocenters. The Kier molecular flexibility index (Phi) is 5.11. The van der Waals surface area contributed by atoms with Crippen molar-refractivity contribution in [1.82, 2.24) is 14.9 Å². The summed E-state index contributed by atoms with van der Waals surface area (Å²) in [5.41, 5.74) is 1.36. The number of hydrogen-bond donors (Lipinski definition) is 1. The number of nitrogens with zero attached hydrogens (tertiary/aromatic N) is 2. The molecular weight excluding hydrogens is 369 g/mol. The zero-order chi connectivity index (χ0) is 17.3. The van der Waals surface area contributed by atoms with Gasteiger partial charge in [-0.3, -0.25) is 9.69 Å². The van der Waals surface area contributed by atoms with Crippen LogP contribution < -0.4 is 5.56 Å². The average molecular weight is 383 g/mol. The first-order valence-corrected chi connectivity index (χ1v) is 8.37. The number of aromatic nitrogens is 2. The van der Waals surface area contributed by atoms with Crippen molar-refractivity contribution in [2.24, 2.45) is 0 Å². The minimum absolute atomic E-state index is 0.176. The zero-order valence-electron chi connectivity index (χ0n) is 12.8. The maximum absolute atomic E-state index is 12.1. The summed E-state index contributed by atoms with van der Waals surface area (Å²) in [5, 5.41) is 2.28. The predicted octanol–water partition coefficient (Wildman–Crippen LogP) is 4.52. The van der Waals surface area contributed by atoms with Gasteiger partial charge in [0.2, 0.25) is 0 Å². The molecule has 2 aromatic carbocycles. The van der Waals surface area contributed by atoms with Crippen molar-refractivity contribution in [3.8, 4) is 0 Å². The van der Waals surface area contributed by atoms with Crippen molar-refractivity contribution in [2.75, 3.05) is 7.05 Å². The second-order valence-electron chi connectivity index (χ2n) is 5.58. The highest BCUT2D eigenvalue weighted by molar-refractivity contribution is 6.35. The Bertz CT molecular complexity index is 955. The molecule has 0 aliphatic heterocycles. The van der Waals surface area contributed by atoms with E-state index in [4.69, 9.17) is 34.8 Å². The Labute approximate surface area is 154 Å².